The van der Waals surface area contributed by atoms with Gasteiger partial charge in [0.1, 0.15) is 0 Å². The number of rotatable bonds is 8. The van der Waals surface area contributed by atoms with Gasteiger partial charge in [-0.1, -0.05) is 20.8 Å². The first-order valence-corrected chi connectivity index (χ1v) is 12.3. The molecule has 8 nitrogen and oxygen atoms in total. The number of benzene rings is 1. The van der Waals surface area contributed by atoms with Gasteiger partial charge < -0.3 is 20.5 Å². The van der Waals surface area contributed by atoms with Crippen LogP contribution in [0.1, 0.15) is 57.8 Å². The van der Waals surface area contributed by atoms with Crippen molar-refractivity contribution in [3.05, 3.63) is 16.3 Å². The molecule has 11 heteroatoms. The van der Waals surface area contributed by atoms with Crippen LogP contribution >= 0.6 is 67.8 Å². The summed E-state index contributed by atoms with van der Waals surface area (Å²) in [6.45, 7) is 7.86. The molecular formula is C19H23I3N2O6. The van der Waals surface area contributed by atoms with Gasteiger partial charge in [0.2, 0.25) is 17.4 Å². The predicted molar refractivity (Wildman–Crippen MR) is 139 cm³/mol. The van der Waals surface area contributed by atoms with Crippen LogP contribution in [0, 0.1) is 16.6 Å². The Balaban J connectivity index is 3.73. The van der Waals surface area contributed by atoms with Crippen LogP contribution in [0.25, 0.3) is 0 Å². The molecule has 0 fully saturated rings. The first-order valence-electron chi connectivity index (χ1n) is 9.06. The van der Waals surface area contributed by atoms with Gasteiger partial charge in [0.15, 0.2) is 0 Å². The van der Waals surface area contributed by atoms with Gasteiger partial charge in [-0.05, 0) is 80.6 Å². The maximum atomic E-state index is 13.2. The fourth-order valence-electron chi connectivity index (χ4n) is 2.89. The van der Waals surface area contributed by atoms with E-state index in [1.165, 1.54) is 13.8 Å². The van der Waals surface area contributed by atoms with E-state index in [1.807, 2.05) is 74.7 Å². The number of amides is 2. The number of aliphatic carboxylic acids is 1. The maximum absolute atomic E-state index is 13.2. The molecule has 166 valence electrons. The second kappa shape index (κ2) is 11.2. The summed E-state index contributed by atoms with van der Waals surface area (Å²) < 4.78 is 6.98. The summed E-state index contributed by atoms with van der Waals surface area (Å²) >= 11 is 5.80. The molecule has 1 rings (SSSR count). The third-order valence-corrected chi connectivity index (χ3v) is 7.93. The second-order valence-corrected chi connectivity index (χ2v) is 9.91. The van der Waals surface area contributed by atoms with Crippen molar-refractivity contribution in [2.45, 2.75) is 53.1 Å². The number of carboxylic acids is 1. The Kier molecular flexibility index (Phi) is 10.2. The van der Waals surface area contributed by atoms with E-state index in [9.17, 15) is 24.3 Å². The molecule has 0 aliphatic rings. The highest BCUT2D eigenvalue weighted by Gasteiger charge is 2.46. The molecule has 0 aliphatic carbocycles. The minimum atomic E-state index is -1.69. The molecule has 0 aromatic heterocycles. The van der Waals surface area contributed by atoms with Crippen molar-refractivity contribution in [3.8, 4) is 0 Å². The van der Waals surface area contributed by atoms with Crippen molar-refractivity contribution in [3.63, 3.8) is 0 Å². The van der Waals surface area contributed by atoms with Gasteiger partial charge in [-0.2, -0.15) is 0 Å². The standard InChI is InChI=1S/C19H23I3N2O6/c1-6-8(3)19(7-2,18(28)29)30-17(27)11-12(20)15(23-9(4)25)14(22)16(13(11)21)24-10(5)26/h8H,6-7H2,1-5H3,(H,23,25)(H,24,26)(H,28,29). The Labute approximate surface area is 216 Å². The number of hydrogen-bond acceptors (Lipinski definition) is 5. The molecule has 0 spiro atoms. The third-order valence-electron chi connectivity index (χ3n) is 4.69. The topological polar surface area (TPSA) is 122 Å². The zero-order chi connectivity index (χ0) is 23.4. The number of nitrogens with one attached hydrogen (secondary N) is 2. The fourth-order valence-corrected chi connectivity index (χ4v) is 7.03. The molecule has 0 saturated heterocycles. The number of carboxylic acid groups (broad SMARTS) is 1. The highest BCUT2D eigenvalue weighted by Crippen LogP contribution is 2.40. The van der Waals surface area contributed by atoms with Crippen molar-refractivity contribution in [1.29, 1.82) is 0 Å². The van der Waals surface area contributed by atoms with E-state index in [0.717, 1.165) is 0 Å². The smallest absolute Gasteiger partial charge is 0.348 e. The lowest BCUT2D eigenvalue weighted by atomic mass is 9.84. The van der Waals surface area contributed by atoms with Gasteiger partial charge >= 0.3 is 11.9 Å². The predicted octanol–water partition coefficient (Wildman–Crippen LogP) is 4.85. The number of carbonyl (C=O) groups is 4. The molecule has 3 N–H and O–H groups in total. The molecule has 2 atom stereocenters. The highest BCUT2D eigenvalue weighted by molar-refractivity contribution is 14.1. The van der Waals surface area contributed by atoms with Crippen LogP contribution < -0.4 is 10.6 Å². The van der Waals surface area contributed by atoms with Crippen molar-refractivity contribution < 1.29 is 29.0 Å². The van der Waals surface area contributed by atoms with Crippen molar-refractivity contribution in [2.24, 2.45) is 5.92 Å². The second-order valence-electron chi connectivity index (χ2n) is 6.68. The highest BCUT2D eigenvalue weighted by atomic mass is 127. The summed E-state index contributed by atoms with van der Waals surface area (Å²) in [7, 11) is 0. The summed E-state index contributed by atoms with van der Waals surface area (Å²) in [5.74, 6) is -3.18. The Morgan fingerprint density at radius 1 is 0.967 bits per heavy atom. The Morgan fingerprint density at radius 3 is 1.70 bits per heavy atom. The summed E-state index contributed by atoms with van der Waals surface area (Å²) in [6.07, 6.45) is 0.598. The molecule has 1 aromatic carbocycles. The van der Waals surface area contributed by atoms with Crippen molar-refractivity contribution in [1.82, 2.24) is 0 Å². The van der Waals surface area contributed by atoms with E-state index in [2.05, 4.69) is 10.6 Å². The summed E-state index contributed by atoms with van der Waals surface area (Å²) in [5, 5.41) is 15.2. The van der Waals surface area contributed by atoms with Crippen LogP contribution in [-0.2, 0) is 19.1 Å². The van der Waals surface area contributed by atoms with Crippen LogP contribution in [-0.4, -0.2) is 34.5 Å². The van der Waals surface area contributed by atoms with Gasteiger partial charge in [0, 0.05) is 19.8 Å². The number of halogens is 3. The maximum Gasteiger partial charge on any atom is 0.348 e. The van der Waals surface area contributed by atoms with E-state index in [4.69, 9.17) is 4.74 Å². The Hall–Kier alpha value is -0.710. The van der Waals surface area contributed by atoms with Crippen LogP contribution in [0.4, 0.5) is 11.4 Å². The van der Waals surface area contributed by atoms with Crippen LogP contribution in [0.3, 0.4) is 0 Å². The summed E-state index contributed by atoms with van der Waals surface area (Å²) in [6, 6.07) is 0. The van der Waals surface area contributed by atoms with E-state index in [-0.39, 0.29) is 23.8 Å². The largest absolute Gasteiger partial charge is 0.478 e. The van der Waals surface area contributed by atoms with Crippen LogP contribution in [0.2, 0.25) is 0 Å². The van der Waals surface area contributed by atoms with E-state index in [0.29, 0.717) is 28.5 Å². The lowest BCUT2D eigenvalue weighted by molar-refractivity contribution is -0.166. The van der Waals surface area contributed by atoms with Gasteiger partial charge in [-0.3, -0.25) is 9.59 Å². The lowest BCUT2D eigenvalue weighted by Gasteiger charge is -2.33. The molecule has 0 saturated carbocycles. The number of anilines is 2. The lowest BCUT2D eigenvalue weighted by Crippen LogP contribution is -2.48. The monoisotopic (exact) mass is 756 g/mol. The minimum absolute atomic E-state index is 0.0893. The van der Waals surface area contributed by atoms with E-state index >= 15 is 0 Å². The number of esters is 1. The normalized spacial score (nSPS) is 13.7. The fraction of sp³-hybridized carbons (Fsp3) is 0.474. The Morgan fingerprint density at radius 2 is 1.40 bits per heavy atom. The van der Waals surface area contributed by atoms with Crippen molar-refractivity contribution in [2.75, 3.05) is 10.6 Å². The Bertz CT molecular complexity index is 847. The molecule has 2 amide bonds. The van der Waals surface area contributed by atoms with E-state index < -0.39 is 23.5 Å². The van der Waals surface area contributed by atoms with Gasteiger partial charge in [-0.25, -0.2) is 9.59 Å². The summed E-state index contributed by atoms with van der Waals surface area (Å²) in [5.41, 5.74) is -0.906. The van der Waals surface area contributed by atoms with Gasteiger partial charge in [0.25, 0.3) is 0 Å². The average molecular weight is 756 g/mol. The molecule has 0 radical (unpaired) electrons. The zero-order valence-corrected chi connectivity index (χ0v) is 23.6. The number of carbonyl (C=O) groups excluding carboxylic acids is 3. The number of hydrogen-bond donors (Lipinski definition) is 3. The van der Waals surface area contributed by atoms with Gasteiger partial charge in [0.05, 0.1) is 27.6 Å². The molecule has 1 aromatic rings. The summed E-state index contributed by atoms with van der Waals surface area (Å²) in [4.78, 5) is 48.7. The molecule has 2 unspecified atom stereocenters. The molecule has 0 aliphatic heterocycles. The van der Waals surface area contributed by atoms with Crippen LogP contribution in [0.15, 0.2) is 0 Å². The quantitative estimate of drug-likeness (QED) is 0.258. The molecular weight excluding hydrogens is 733 g/mol. The first-order chi connectivity index (χ1) is 13.8. The van der Waals surface area contributed by atoms with Gasteiger partial charge in [-0.15, -0.1) is 0 Å². The average Bonchev–Trinajstić information content (AvgIpc) is 2.65. The SMILES string of the molecule is CCC(C)C(CC)(OC(=O)c1c(I)c(NC(C)=O)c(I)c(NC(C)=O)c1I)C(=O)O. The number of ether oxygens (including phenoxy) is 1. The molecule has 0 bridgehead atoms. The minimum Gasteiger partial charge on any atom is -0.478 e. The molecule has 30 heavy (non-hydrogen) atoms. The van der Waals surface area contributed by atoms with Crippen molar-refractivity contribution >= 4 is 103 Å². The van der Waals surface area contributed by atoms with Crippen LogP contribution in [0.5, 0.6) is 0 Å². The molecule has 0 heterocycles. The van der Waals surface area contributed by atoms with E-state index in [1.54, 1.807) is 13.8 Å². The zero-order valence-electron chi connectivity index (χ0n) is 17.1. The third kappa shape index (κ3) is 5.75. The first kappa shape index (κ1) is 27.3.